The predicted octanol–water partition coefficient (Wildman–Crippen LogP) is 4.39. The molecule has 1 fully saturated rings. The number of likely N-dealkylation sites (tertiary alicyclic amines) is 1. The summed E-state index contributed by atoms with van der Waals surface area (Å²) in [6.45, 7) is 13.5. The lowest BCUT2D eigenvalue weighted by Gasteiger charge is -2.33. The van der Waals surface area contributed by atoms with Crippen LogP contribution in [-0.4, -0.2) is 64.1 Å². The molecule has 2 heterocycles. The highest BCUT2D eigenvalue weighted by Gasteiger charge is 2.24. The van der Waals surface area contributed by atoms with E-state index in [9.17, 15) is 14.7 Å². The van der Waals surface area contributed by atoms with Gasteiger partial charge in [0.2, 0.25) is 0 Å². The Bertz CT molecular complexity index is 1280. The third-order valence-corrected chi connectivity index (χ3v) is 7.38. The Kier molecular flexibility index (Phi) is 8.63. The van der Waals surface area contributed by atoms with Crippen LogP contribution in [0.5, 0.6) is 5.75 Å². The Morgan fingerprint density at radius 1 is 1.05 bits per heavy atom. The van der Waals surface area contributed by atoms with Gasteiger partial charge in [-0.25, -0.2) is 14.2 Å². The van der Waals surface area contributed by atoms with Crippen LogP contribution in [0.1, 0.15) is 59.1 Å². The van der Waals surface area contributed by atoms with Gasteiger partial charge in [0.05, 0.1) is 11.0 Å². The first-order valence-electron chi connectivity index (χ1n) is 13.7. The van der Waals surface area contributed by atoms with Crippen molar-refractivity contribution >= 4 is 17.1 Å². The molecule has 1 atom stereocenters. The van der Waals surface area contributed by atoms with Crippen LogP contribution < -0.4 is 15.7 Å². The molecule has 1 saturated heterocycles. The number of carbonyl (C=O) groups is 1. The van der Waals surface area contributed by atoms with Crippen molar-refractivity contribution in [2.75, 3.05) is 32.8 Å². The molecule has 0 radical (unpaired) electrons. The Morgan fingerprint density at radius 2 is 1.68 bits per heavy atom. The van der Waals surface area contributed by atoms with E-state index in [1.54, 1.807) is 4.57 Å². The lowest BCUT2D eigenvalue weighted by Crippen LogP contribution is -2.44. The molecule has 1 unspecified atom stereocenters. The van der Waals surface area contributed by atoms with E-state index >= 15 is 0 Å². The molecule has 2 aromatic carbocycles. The third-order valence-electron chi connectivity index (χ3n) is 7.38. The van der Waals surface area contributed by atoms with Crippen LogP contribution in [0.3, 0.4) is 0 Å². The molecule has 1 aliphatic heterocycles. The maximum absolute atomic E-state index is 13.0. The molecule has 0 saturated carbocycles. The molecule has 2 N–H and O–H groups in total. The number of rotatable bonds is 8. The first-order chi connectivity index (χ1) is 18.0. The molecule has 3 aromatic rings. The van der Waals surface area contributed by atoms with Gasteiger partial charge in [-0.3, -0.25) is 4.57 Å². The summed E-state index contributed by atoms with van der Waals surface area (Å²) in [4.78, 5) is 28.2. The number of piperidine rings is 1. The van der Waals surface area contributed by atoms with Gasteiger partial charge >= 0.3 is 11.7 Å². The highest BCUT2D eigenvalue weighted by Crippen LogP contribution is 2.24. The molecule has 1 aliphatic rings. The van der Waals surface area contributed by atoms with Crippen LogP contribution in [0.15, 0.2) is 53.3 Å². The fourth-order valence-electron chi connectivity index (χ4n) is 5.14. The van der Waals surface area contributed by atoms with Crippen LogP contribution in [0, 0.1) is 5.92 Å². The number of aliphatic hydroxyl groups is 1. The van der Waals surface area contributed by atoms with Crippen LogP contribution in [-0.2, 0) is 5.41 Å². The monoisotopic (exact) mass is 522 g/mol. The maximum atomic E-state index is 13.0. The van der Waals surface area contributed by atoms with Gasteiger partial charge in [-0.2, -0.15) is 0 Å². The molecule has 0 bridgehead atoms. The second-order valence-corrected chi connectivity index (χ2v) is 11.7. The van der Waals surface area contributed by atoms with E-state index in [2.05, 4.69) is 43.1 Å². The van der Waals surface area contributed by atoms with Crippen molar-refractivity contribution in [3.63, 3.8) is 0 Å². The molecular weight excluding hydrogens is 480 g/mol. The topological polar surface area (TPSA) is 88.7 Å². The SMILES string of the molecule is CC(C)n1c(=O)n(C(=O)NCC2CCN(CC(O)COc3ccc(C(C)(C)C)cc3)CC2)c2ccccc21. The molecular formula is C30H42N4O4. The molecule has 1 aromatic heterocycles. The fraction of sp³-hybridized carbons (Fsp3) is 0.533. The summed E-state index contributed by atoms with van der Waals surface area (Å²) in [6.07, 6.45) is 1.27. The summed E-state index contributed by atoms with van der Waals surface area (Å²) in [5.41, 5.74) is 2.42. The number of amides is 1. The Morgan fingerprint density at radius 3 is 2.29 bits per heavy atom. The number of ether oxygens (including phenoxy) is 1. The smallest absolute Gasteiger partial charge is 0.337 e. The van der Waals surface area contributed by atoms with Gasteiger partial charge in [-0.05, 0) is 80.9 Å². The number of nitrogens with one attached hydrogen (secondary N) is 1. The largest absolute Gasteiger partial charge is 0.491 e. The van der Waals surface area contributed by atoms with E-state index in [4.69, 9.17) is 4.74 Å². The van der Waals surface area contributed by atoms with Crippen molar-refractivity contribution in [2.45, 2.75) is 65.0 Å². The lowest BCUT2D eigenvalue weighted by molar-refractivity contribution is 0.0552. The van der Waals surface area contributed by atoms with Gasteiger partial charge in [0.25, 0.3) is 0 Å². The highest BCUT2D eigenvalue weighted by atomic mass is 16.5. The number of para-hydroxylation sites is 2. The van der Waals surface area contributed by atoms with Crippen molar-refractivity contribution in [2.24, 2.45) is 5.92 Å². The standard InChI is InChI=1S/C30H42N4O4/c1-21(2)33-26-8-6-7-9-27(26)34(29(33)37)28(36)31-18-22-14-16-32(17-15-22)19-24(35)20-38-25-12-10-23(11-13-25)30(3,4)5/h6-13,21-22,24,35H,14-20H2,1-5H3,(H,31,36). The fourth-order valence-corrected chi connectivity index (χ4v) is 5.14. The summed E-state index contributed by atoms with van der Waals surface area (Å²) in [5.74, 6) is 1.10. The van der Waals surface area contributed by atoms with Crippen molar-refractivity contribution in [1.82, 2.24) is 19.4 Å². The third kappa shape index (κ3) is 6.48. The molecule has 0 aliphatic carbocycles. The minimum atomic E-state index is -0.571. The number of nitrogens with zero attached hydrogens (tertiary/aromatic N) is 3. The number of fused-ring (bicyclic) bond motifs is 1. The van der Waals surface area contributed by atoms with Crippen LogP contribution >= 0.6 is 0 Å². The molecule has 0 spiro atoms. The number of hydrogen-bond donors (Lipinski definition) is 2. The number of carbonyl (C=O) groups excluding carboxylic acids is 1. The number of aromatic nitrogens is 2. The normalized spacial score (nSPS) is 16.2. The average Bonchev–Trinajstić information content (AvgIpc) is 3.18. The zero-order valence-electron chi connectivity index (χ0n) is 23.3. The summed E-state index contributed by atoms with van der Waals surface area (Å²) in [5, 5.41) is 13.5. The quantitative estimate of drug-likeness (QED) is 0.458. The van der Waals surface area contributed by atoms with Crippen LogP contribution in [0.2, 0.25) is 0 Å². The van der Waals surface area contributed by atoms with E-state index in [1.165, 1.54) is 10.1 Å². The summed E-state index contributed by atoms with van der Waals surface area (Å²) in [7, 11) is 0. The number of aliphatic hydroxyl groups excluding tert-OH is 1. The first-order valence-corrected chi connectivity index (χ1v) is 13.7. The van der Waals surface area contributed by atoms with Crippen molar-refractivity contribution < 1.29 is 14.6 Å². The van der Waals surface area contributed by atoms with E-state index in [1.807, 2.05) is 50.2 Å². The van der Waals surface area contributed by atoms with Crippen molar-refractivity contribution in [3.8, 4) is 5.75 Å². The van der Waals surface area contributed by atoms with E-state index in [0.717, 1.165) is 37.2 Å². The van der Waals surface area contributed by atoms with Gasteiger partial charge in [0.15, 0.2) is 0 Å². The van der Waals surface area contributed by atoms with Crippen molar-refractivity contribution in [3.05, 3.63) is 64.6 Å². The zero-order chi connectivity index (χ0) is 27.4. The number of β-amino-alcohol motifs (C(OH)–C–C–N with tert-alkyl or cyclic N) is 1. The summed E-state index contributed by atoms with van der Waals surface area (Å²) in [6, 6.07) is 15.1. The van der Waals surface area contributed by atoms with Gasteiger partial charge in [-0.1, -0.05) is 45.0 Å². The maximum Gasteiger partial charge on any atom is 0.337 e. The summed E-state index contributed by atoms with van der Waals surface area (Å²) < 4.78 is 8.71. The van der Waals surface area contributed by atoms with Gasteiger partial charge < -0.3 is 20.1 Å². The predicted molar refractivity (Wildman–Crippen MR) is 151 cm³/mol. The first kappa shape index (κ1) is 27.9. The van der Waals surface area contributed by atoms with E-state index in [0.29, 0.717) is 24.5 Å². The molecule has 38 heavy (non-hydrogen) atoms. The van der Waals surface area contributed by atoms with Crippen LogP contribution in [0.4, 0.5) is 4.79 Å². The molecule has 4 rings (SSSR count). The molecule has 8 heteroatoms. The number of benzene rings is 2. The second kappa shape index (κ2) is 11.7. The number of imidazole rings is 1. The van der Waals surface area contributed by atoms with Gasteiger partial charge in [-0.15, -0.1) is 0 Å². The van der Waals surface area contributed by atoms with E-state index in [-0.39, 0.29) is 29.8 Å². The minimum absolute atomic E-state index is 0.0412. The Hall–Kier alpha value is -3.10. The Balaban J connectivity index is 1.22. The number of hydrogen-bond acceptors (Lipinski definition) is 5. The Labute approximate surface area is 225 Å². The second-order valence-electron chi connectivity index (χ2n) is 11.7. The van der Waals surface area contributed by atoms with Gasteiger partial charge in [0.1, 0.15) is 18.5 Å². The minimum Gasteiger partial charge on any atom is -0.491 e. The van der Waals surface area contributed by atoms with Gasteiger partial charge in [0, 0.05) is 19.1 Å². The summed E-state index contributed by atoms with van der Waals surface area (Å²) >= 11 is 0. The lowest BCUT2D eigenvalue weighted by atomic mass is 9.87. The molecule has 1 amide bonds. The highest BCUT2D eigenvalue weighted by molar-refractivity contribution is 5.89. The van der Waals surface area contributed by atoms with E-state index < -0.39 is 6.10 Å². The zero-order valence-corrected chi connectivity index (χ0v) is 23.3. The molecule has 8 nitrogen and oxygen atoms in total. The van der Waals surface area contributed by atoms with Crippen molar-refractivity contribution in [1.29, 1.82) is 0 Å². The molecule has 206 valence electrons. The van der Waals surface area contributed by atoms with Crippen LogP contribution in [0.25, 0.3) is 11.0 Å². The average molecular weight is 523 g/mol.